The summed E-state index contributed by atoms with van der Waals surface area (Å²) in [4.78, 5) is 11.9. The lowest BCUT2D eigenvalue weighted by Crippen LogP contribution is -2.24. The molecule has 3 rings (SSSR count). The van der Waals surface area contributed by atoms with Crippen LogP contribution in [0.4, 0.5) is 0 Å². The number of rotatable bonds is 5. The summed E-state index contributed by atoms with van der Waals surface area (Å²) in [6, 6.07) is 16.8. The second kappa shape index (κ2) is 8.54. The second-order valence-electron chi connectivity index (χ2n) is 5.32. The largest absolute Gasteiger partial charge is 0.483 e. The number of benzene rings is 3. The van der Waals surface area contributed by atoms with Crippen LogP contribution in [0.5, 0.6) is 5.75 Å². The van der Waals surface area contributed by atoms with Crippen LogP contribution < -0.4 is 10.2 Å². The van der Waals surface area contributed by atoms with Crippen molar-refractivity contribution in [1.29, 1.82) is 0 Å². The normalized spacial score (nSPS) is 11.0. The molecule has 3 aromatic carbocycles. The summed E-state index contributed by atoms with van der Waals surface area (Å²) in [5, 5.41) is 6.86. The molecule has 0 saturated carbocycles. The molecule has 0 fully saturated rings. The lowest BCUT2D eigenvalue weighted by atomic mass is 10.1. The monoisotopic (exact) mass is 450 g/mol. The number of hydrazone groups is 1. The first-order valence-electron chi connectivity index (χ1n) is 7.62. The number of hydrogen-bond donors (Lipinski definition) is 1. The van der Waals surface area contributed by atoms with Gasteiger partial charge in [0.15, 0.2) is 6.61 Å². The summed E-state index contributed by atoms with van der Waals surface area (Å²) >= 11 is 15.6. The van der Waals surface area contributed by atoms with E-state index >= 15 is 0 Å². The molecule has 3 aromatic rings. The highest BCUT2D eigenvalue weighted by atomic mass is 79.9. The van der Waals surface area contributed by atoms with Crippen LogP contribution in [0.15, 0.2) is 64.2 Å². The molecule has 26 heavy (non-hydrogen) atoms. The Labute approximate surface area is 168 Å². The van der Waals surface area contributed by atoms with Crippen molar-refractivity contribution in [3.05, 3.63) is 74.7 Å². The third-order valence-electron chi connectivity index (χ3n) is 3.57. The van der Waals surface area contributed by atoms with E-state index in [0.29, 0.717) is 21.4 Å². The van der Waals surface area contributed by atoms with Gasteiger partial charge in [0.05, 0.1) is 20.7 Å². The summed E-state index contributed by atoms with van der Waals surface area (Å²) in [5.74, 6) is 0.182. The maximum absolute atomic E-state index is 11.9. The van der Waals surface area contributed by atoms with E-state index in [1.54, 1.807) is 18.2 Å². The summed E-state index contributed by atoms with van der Waals surface area (Å²) in [5.41, 5.74) is 2.92. The quantitative estimate of drug-likeness (QED) is 0.414. The molecule has 1 N–H and O–H groups in total. The summed E-state index contributed by atoms with van der Waals surface area (Å²) < 4.78 is 6.37. The Hall–Kier alpha value is -2.08. The predicted molar refractivity (Wildman–Crippen MR) is 109 cm³/mol. The van der Waals surface area contributed by atoms with Gasteiger partial charge in [-0.05, 0) is 44.9 Å². The highest BCUT2D eigenvalue weighted by Crippen LogP contribution is 2.32. The smallest absolute Gasteiger partial charge is 0.277 e. The van der Waals surface area contributed by atoms with Crippen LogP contribution >= 0.6 is 39.1 Å². The van der Waals surface area contributed by atoms with Gasteiger partial charge in [-0.15, -0.1) is 0 Å². The maximum atomic E-state index is 11.9. The summed E-state index contributed by atoms with van der Waals surface area (Å²) in [6.45, 7) is -0.176. The zero-order valence-corrected chi connectivity index (χ0v) is 16.5. The number of nitrogens with zero attached hydrogens (tertiary/aromatic N) is 1. The van der Waals surface area contributed by atoms with Crippen LogP contribution in [0, 0.1) is 0 Å². The Balaban J connectivity index is 1.61. The first kappa shape index (κ1) is 18.7. The predicted octanol–water partition coefficient (Wildman–Crippen LogP) is 5.44. The number of carbonyl (C=O) groups is 1. The Morgan fingerprint density at radius 3 is 2.58 bits per heavy atom. The van der Waals surface area contributed by atoms with Crippen molar-refractivity contribution >= 4 is 62.0 Å². The van der Waals surface area contributed by atoms with E-state index in [-0.39, 0.29) is 6.61 Å². The van der Waals surface area contributed by atoms with Crippen molar-refractivity contribution in [2.45, 2.75) is 0 Å². The Kier molecular flexibility index (Phi) is 6.14. The fraction of sp³-hybridized carbons (Fsp3) is 0.0526. The highest BCUT2D eigenvalue weighted by molar-refractivity contribution is 9.10. The molecule has 0 aromatic heterocycles. The number of fused-ring (bicyclic) bond motifs is 1. The van der Waals surface area contributed by atoms with Crippen molar-refractivity contribution < 1.29 is 9.53 Å². The zero-order valence-electron chi connectivity index (χ0n) is 13.4. The van der Waals surface area contributed by atoms with Gasteiger partial charge < -0.3 is 4.74 Å². The average molecular weight is 452 g/mol. The molecule has 7 heteroatoms. The summed E-state index contributed by atoms with van der Waals surface area (Å²) in [6.07, 6.45) is 1.40. The number of ether oxygens (including phenoxy) is 1. The van der Waals surface area contributed by atoms with Gasteiger partial charge in [0, 0.05) is 5.56 Å². The number of hydrogen-bond acceptors (Lipinski definition) is 3. The van der Waals surface area contributed by atoms with Crippen LogP contribution in [0.3, 0.4) is 0 Å². The van der Waals surface area contributed by atoms with Gasteiger partial charge in [0.25, 0.3) is 5.91 Å². The number of nitrogens with one attached hydrogen (secondary N) is 1. The molecule has 0 spiro atoms. The number of amides is 1. The second-order valence-corrected chi connectivity index (χ2v) is 6.92. The first-order valence-corrected chi connectivity index (χ1v) is 9.17. The van der Waals surface area contributed by atoms with Gasteiger partial charge in [-0.2, -0.15) is 5.10 Å². The Bertz CT molecular complexity index is 972. The van der Waals surface area contributed by atoms with E-state index in [2.05, 4.69) is 26.5 Å². The SMILES string of the molecule is O=C(COc1ccc2ccccc2c1Br)N/N=C/c1c(Cl)cccc1Cl. The van der Waals surface area contributed by atoms with E-state index in [1.807, 2.05) is 36.4 Å². The molecule has 0 saturated heterocycles. The maximum Gasteiger partial charge on any atom is 0.277 e. The third-order valence-corrected chi connectivity index (χ3v) is 5.05. The van der Waals surface area contributed by atoms with Crippen molar-refractivity contribution in [2.75, 3.05) is 6.61 Å². The van der Waals surface area contributed by atoms with Gasteiger partial charge in [0.1, 0.15) is 5.75 Å². The van der Waals surface area contributed by atoms with E-state index in [1.165, 1.54) is 6.21 Å². The van der Waals surface area contributed by atoms with Crippen LogP contribution in [0.25, 0.3) is 10.8 Å². The fourth-order valence-electron chi connectivity index (χ4n) is 2.30. The van der Waals surface area contributed by atoms with Crippen LogP contribution in [-0.2, 0) is 4.79 Å². The minimum Gasteiger partial charge on any atom is -0.483 e. The molecule has 0 radical (unpaired) electrons. The summed E-state index contributed by atoms with van der Waals surface area (Å²) in [7, 11) is 0. The number of halogens is 3. The van der Waals surface area contributed by atoms with E-state index in [9.17, 15) is 4.79 Å². The van der Waals surface area contributed by atoms with Crippen molar-refractivity contribution in [3.63, 3.8) is 0 Å². The van der Waals surface area contributed by atoms with Gasteiger partial charge in [-0.1, -0.05) is 59.6 Å². The van der Waals surface area contributed by atoms with Crippen molar-refractivity contribution in [1.82, 2.24) is 5.43 Å². The molecule has 0 heterocycles. The Morgan fingerprint density at radius 2 is 1.81 bits per heavy atom. The lowest BCUT2D eigenvalue weighted by Gasteiger charge is -2.09. The van der Waals surface area contributed by atoms with Crippen LogP contribution in [0.1, 0.15) is 5.56 Å². The van der Waals surface area contributed by atoms with Crippen molar-refractivity contribution in [3.8, 4) is 5.75 Å². The van der Waals surface area contributed by atoms with Gasteiger partial charge in [0.2, 0.25) is 0 Å². The lowest BCUT2D eigenvalue weighted by molar-refractivity contribution is -0.123. The minimum absolute atomic E-state index is 0.176. The van der Waals surface area contributed by atoms with Gasteiger partial charge in [-0.25, -0.2) is 5.43 Å². The molecular weight excluding hydrogens is 439 g/mol. The molecule has 4 nitrogen and oxygen atoms in total. The fourth-order valence-corrected chi connectivity index (χ4v) is 3.41. The van der Waals surface area contributed by atoms with Crippen LogP contribution in [0.2, 0.25) is 10.0 Å². The molecule has 0 aliphatic heterocycles. The molecule has 1 amide bonds. The van der Waals surface area contributed by atoms with Crippen LogP contribution in [-0.4, -0.2) is 18.7 Å². The Morgan fingerprint density at radius 1 is 1.08 bits per heavy atom. The number of carbonyl (C=O) groups excluding carboxylic acids is 1. The van der Waals surface area contributed by atoms with Crippen molar-refractivity contribution in [2.24, 2.45) is 5.10 Å². The van der Waals surface area contributed by atoms with Gasteiger partial charge in [-0.3, -0.25) is 4.79 Å². The standard InChI is InChI=1S/C19H13BrCl2N2O2/c20-19-13-5-2-1-4-12(13)8-9-17(19)26-11-18(25)24-23-10-14-15(21)6-3-7-16(14)22/h1-10H,11H2,(H,24,25)/b23-10+. The van der Waals surface area contributed by atoms with E-state index in [4.69, 9.17) is 27.9 Å². The minimum atomic E-state index is -0.399. The first-order chi connectivity index (χ1) is 12.6. The molecular formula is C19H13BrCl2N2O2. The molecule has 0 unspecified atom stereocenters. The highest BCUT2D eigenvalue weighted by Gasteiger charge is 2.08. The average Bonchev–Trinajstić information content (AvgIpc) is 2.64. The van der Waals surface area contributed by atoms with E-state index < -0.39 is 5.91 Å². The zero-order chi connectivity index (χ0) is 18.5. The molecule has 0 bridgehead atoms. The molecule has 0 aliphatic carbocycles. The molecule has 0 atom stereocenters. The van der Waals surface area contributed by atoms with E-state index in [0.717, 1.165) is 15.2 Å². The third kappa shape index (κ3) is 4.36. The topological polar surface area (TPSA) is 50.7 Å². The van der Waals surface area contributed by atoms with Gasteiger partial charge >= 0.3 is 0 Å². The molecule has 0 aliphatic rings. The molecule has 132 valence electrons.